The lowest BCUT2D eigenvalue weighted by Crippen LogP contribution is -2.18. The Morgan fingerprint density at radius 1 is 0.569 bits per heavy atom. The average molecular weight is 652 g/mol. The number of fused-ring (bicyclic) bond motifs is 13. The summed E-state index contributed by atoms with van der Waals surface area (Å²) in [5.41, 5.74) is 19.0. The second-order valence-electron chi connectivity index (χ2n) is 15.2. The smallest absolute Gasteiger partial charge is 0.140 e. The van der Waals surface area contributed by atoms with E-state index in [1.165, 1.54) is 93.9 Å². The van der Waals surface area contributed by atoms with E-state index in [-0.39, 0.29) is 5.41 Å². The minimum Gasteiger partial charge on any atom is -0.456 e. The molecule has 0 radical (unpaired) electrons. The van der Waals surface area contributed by atoms with Crippen LogP contribution in [0.5, 0.6) is 0 Å². The van der Waals surface area contributed by atoms with Crippen LogP contribution in [0.2, 0.25) is 0 Å². The van der Waals surface area contributed by atoms with E-state index in [2.05, 4.69) is 170 Å². The molecule has 240 valence electrons. The molecule has 6 aromatic carbocycles. The largest absolute Gasteiger partial charge is 0.456 e. The summed E-state index contributed by atoms with van der Waals surface area (Å²) in [5, 5.41) is 4.94. The Balaban J connectivity index is 1.01. The highest BCUT2D eigenvalue weighted by atomic mass is 16.3. The second-order valence-corrected chi connectivity index (χ2v) is 15.2. The minimum absolute atomic E-state index is 0.206. The number of aromatic nitrogens is 1. The van der Waals surface area contributed by atoms with Crippen LogP contribution in [-0.2, 0) is 5.41 Å². The Hall–Kier alpha value is -6.12. The van der Waals surface area contributed by atoms with Crippen molar-refractivity contribution in [2.24, 2.45) is 11.8 Å². The van der Waals surface area contributed by atoms with E-state index in [0.717, 1.165) is 11.2 Å². The number of hydrogen-bond acceptors (Lipinski definition) is 1. The molecule has 0 saturated heterocycles. The maximum absolute atomic E-state index is 6.61. The van der Waals surface area contributed by atoms with Gasteiger partial charge < -0.3 is 8.98 Å². The summed E-state index contributed by atoms with van der Waals surface area (Å²) in [6.07, 6.45) is 11.7. The van der Waals surface area contributed by atoms with Crippen LogP contribution < -0.4 is 0 Å². The van der Waals surface area contributed by atoms with Gasteiger partial charge in [0.05, 0.1) is 11.0 Å². The van der Waals surface area contributed by atoms with Crippen molar-refractivity contribution in [2.45, 2.75) is 19.3 Å². The first-order chi connectivity index (χ1) is 25.1. The third-order valence-corrected chi connectivity index (χ3v) is 12.4. The standard InChI is InChI=1S/C49H33NO/c1-49(2)42-26-41-33-12-5-7-16-43(33)50(44(41)27-40(42)38-24-25-39-34-13-6-8-17-45(34)51-48(39)47(38)49)29-20-18-28(19-21-29)30-22-23-37-32-11-4-3-10-31(32)36-15-9-14-35(30)46(36)37/h3-27,35,46H,1-2H3. The summed E-state index contributed by atoms with van der Waals surface area (Å²) >= 11 is 0. The van der Waals surface area contributed by atoms with E-state index in [1.54, 1.807) is 0 Å². The zero-order valence-corrected chi connectivity index (χ0v) is 28.4. The van der Waals surface area contributed by atoms with Crippen molar-refractivity contribution < 1.29 is 4.42 Å². The lowest BCUT2D eigenvalue weighted by Gasteiger charge is -2.31. The van der Waals surface area contributed by atoms with Gasteiger partial charge in [-0.1, -0.05) is 123 Å². The first-order valence-corrected chi connectivity index (χ1v) is 18.1. The van der Waals surface area contributed by atoms with E-state index >= 15 is 0 Å². The van der Waals surface area contributed by atoms with Crippen LogP contribution in [0.4, 0.5) is 0 Å². The second kappa shape index (κ2) is 9.56. The van der Waals surface area contributed by atoms with E-state index < -0.39 is 0 Å². The Kier molecular flexibility index (Phi) is 5.19. The fourth-order valence-electron chi connectivity index (χ4n) is 10.1. The molecule has 0 bridgehead atoms. The normalized spacial score (nSPS) is 19.2. The molecule has 2 heterocycles. The van der Waals surface area contributed by atoms with E-state index in [1.807, 2.05) is 0 Å². The average Bonchev–Trinajstić information content (AvgIpc) is 3.87. The van der Waals surface area contributed by atoms with Gasteiger partial charge in [-0.05, 0) is 92.6 Å². The highest BCUT2D eigenvalue weighted by Gasteiger charge is 2.41. The highest BCUT2D eigenvalue weighted by molar-refractivity contribution is 6.13. The Bertz CT molecular complexity index is 2990. The summed E-state index contributed by atoms with van der Waals surface area (Å²) in [6, 6.07) is 44.9. The molecular formula is C49H33NO. The molecule has 0 aliphatic heterocycles. The zero-order chi connectivity index (χ0) is 33.6. The molecule has 2 unspecified atom stereocenters. The lowest BCUT2D eigenvalue weighted by atomic mass is 9.72. The molecule has 0 spiro atoms. The van der Waals surface area contributed by atoms with Gasteiger partial charge in [0.25, 0.3) is 0 Å². The number of rotatable bonds is 2. The first kappa shape index (κ1) is 27.7. The van der Waals surface area contributed by atoms with Gasteiger partial charge in [0.1, 0.15) is 11.2 Å². The monoisotopic (exact) mass is 651 g/mol. The van der Waals surface area contributed by atoms with Gasteiger partial charge in [-0.2, -0.15) is 0 Å². The van der Waals surface area contributed by atoms with Gasteiger partial charge in [0.2, 0.25) is 0 Å². The SMILES string of the molecule is CC1(C)c2cc3c4ccccc4n(-c4ccc(C5=CC=C6c7ccccc7C7=CC=CC5C76)cc4)c3cc2-c2ccc3c(oc4ccccc43)c21. The molecule has 2 atom stereocenters. The molecule has 12 rings (SSSR count). The molecule has 2 aromatic heterocycles. The molecular weight excluding hydrogens is 619 g/mol. The lowest BCUT2D eigenvalue weighted by molar-refractivity contribution is 0.620. The van der Waals surface area contributed by atoms with Crippen molar-refractivity contribution in [1.29, 1.82) is 0 Å². The van der Waals surface area contributed by atoms with Crippen LogP contribution in [0.25, 0.3) is 77.3 Å². The Morgan fingerprint density at radius 3 is 2.14 bits per heavy atom. The van der Waals surface area contributed by atoms with E-state index in [0.29, 0.717) is 11.8 Å². The van der Waals surface area contributed by atoms with Crippen LogP contribution in [0.1, 0.15) is 41.7 Å². The Labute approximate surface area is 296 Å². The predicted octanol–water partition coefficient (Wildman–Crippen LogP) is 12.7. The summed E-state index contributed by atoms with van der Waals surface area (Å²) in [6.45, 7) is 4.72. The predicted molar refractivity (Wildman–Crippen MR) is 212 cm³/mol. The van der Waals surface area contributed by atoms with Gasteiger partial charge in [0.15, 0.2) is 0 Å². The molecule has 0 N–H and O–H groups in total. The number of furan rings is 1. The third-order valence-electron chi connectivity index (χ3n) is 12.4. The van der Waals surface area contributed by atoms with Crippen molar-refractivity contribution in [3.05, 3.63) is 180 Å². The number of allylic oxidation sites excluding steroid dienone is 8. The van der Waals surface area contributed by atoms with Gasteiger partial charge in [-0.15, -0.1) is 0 Å². The molecule has 2 nitrogen and oxygen atoms in total. The number of para-hydroxylation sites is 2. The van der Waals surface area contributed by atoms with Crippen LogP contribution in [0, 0.1) is 11.8 Å². The van der Waals surface area contributed by atoms with Crippen LogP contribution in [-0.4, -0.2) is 4.57 Å². The van der Waals surface area contributed by atoms with Crippen molar-refractivity contribution in [2.75, 3.05) is 0 Å². The summed E-state index contributed by atoms with van der Waals surface area (Å²) in [7, 11) is 0. The van der Waals surface area contributed by atoms with Crippen LogP contribution >= 0.6 is 0 Å². The maximum atomic E-state index is 6.61. The minimum atomic E-state index is -0.206. The summed E-state index contributed by atoms with van der Waals surface area (Å²) in [5.74, 6) is 0.722. The number of nitrogens with zero attached hydrogens (tertiary/aromatic N) is 1. The van der Waals surface area contributed by atoms with Gasteiger partial charge >= 0.3 is 0 Å². The topological polar surface area (TPSA) is 18.1 Å². The van der Waals surface area contributed by atoms with Crippen molar-refractivity contribution in [3.8, 4) is 16.8 Å². The molecule has 4 aliphatic rings. The van der Waals surface area contributed by atoms with Crippen LogP contribution in [0.15, 0.2) is 156 Å². The van der Waals surface area contributed by atoms with Crippen molar-refractivity contribution >= 4 is 60.5 Å². The molecule has 0 fully saturated rings. The Morgan fingerprint density at radius 2 is 1.29 bits per heavy atom. The summed E-state index contributed by atoms with van der Waals surface area (Å²) in [4.78, 5) is 0. The molecule has 0 saturated carbocycles. The molecule has 4 aliphatic carbocycles. The fourth-order valence-corrected chi connectivity index (χ4v) is 10.1. The molecule has 8 aromatic rings. The maximum Gasteiger partial charge on any atom is 0.140 e. The van der Waals surface area contributed by atoms with Crippen molar-refractivity contribution in [3.63, 3.8) is 0 Å². The van der Waals surface area contributed by atoms with Crippen molar-refractivity contribution in [1.82, 2.24) is 4.57 Å². The van der Waals surface area contributed by atoms with E-state index in [4.69, 9.17) is 4.42 Å². The number of hydrogen-bond donors (Lipinski definition) is 0. The fraction of sp³-hybridized carbons (Fsp3) is 0.102. The van der Waals surface area contributed by atoms with Gasteiger partial charge in [-0.3, -0.25) is 0 Å². The van der Waals surface area contributed by atoms with Crippen LogP contribution in [0.3, 0.4) is 0 Å². The molecule has 51 heavy (non-hydrogen) atoms. The summed E-state index contributed by atoms with van der Waals surface area (Å²) < 4.78 is 9.07. The third kappa shape index (κ3) is 3.47. The molecule has 2 heteroatoms. The highest BCUT2D eigenvalue weighted by Crippen LogP contribution is 2.56. The first-order valence-electron chi connectivity index (χ1n) is 18.1. The van der Waals surface area contributed by atoms with Gasteiger partial charge in [-0.25, -0.2) is 0 Å². The zero-order valence-electron chi connectivity index (χ0n) is 28.4. The number of benzene rings is 6. The molecule has 0 amide bonds. The van der Waals surface area contributed by atoms with E-state index in [9.17, 15) is 0 Å². The quantitative estimate of drug-likeness (QED) is 0.182. The van der Waals surface area contributed by atoms with Gasteiger partial charge in [0, 0.05) is 50.0 Å².